The molecule has 0 fully saturated rings. The molecule has 0 bridgehead atoms. The van der Waals surface area contributed by atoms with Gasteiger partial charge in [0.15, 0.2) is 6.10 Å². The Labute approximate surface area is 66.1 Å². The molecule has 11 heavy (non-hydrogen) atoms. The smallest absolute Gasteiger partial charge is 0.335 e. The molecular weight excluding hydrogens is 148 g/mol. The number of carbonyl (C=O) groups excluding carboxylic acids is 1. The molecule has 0 aliphatic rings. The number of hydrogen-bond donors (Lipinski definition) is 1. The Balaban J connectivity index is 3.47. The Hall–Kier alpha value is -0.610. The summed E-state index contributed by atoms with van der Waals surface area (Å²) >= 11 is 0. The molecule has 1 unspecified atom stereocenters. The first-order chi connectivity index (χ1) is 5.22. The van der Waals surface area contributed by atoms with Gasteiger partial charge in [0.25, 0.3) is 0 Å². The molecule has 1 atom stereocenters. The van der Waals surface area contributed by atoms with E-state index >= 15 is 0 Å². The van der Waals surface area contributed by atoms with Crippen molar-refractivity contribution in [2.45, 2.75) is 20.0 Å². The third-order valence-corrected chi connectivity index (χ3v) is 1.08. The summed E-state index contributed by atoms with van der Waals surface area (Å²) < 4.78 is 9.54. The molecule has 1 N–H and O–H groups in total. The van der Waals surface area contributed by atoms with Crippen molar-refractivity contribution in [2.24, 2.45) is 0 Å². The lowest BCUT2D eigenvalue weighted by molar-refractivity contribution is -0.156. The number of esters is 1. The van der Waals surface area contributed by atoms with Crippen molar-refractivity contribution in [3.63, 3.8) is 0 Å². The summed E-state index contributed by atoms with van der Waals surface area (Å²) in [7, 11) is 0. The van der Waals surface area contributed by atoms with Crippen LogP contribution in [0.25, 0.3) is 0 Å². The summed E-state index contributed by atoms with van der Waals surface area (Å²) in [6.45, 7) is 3.79. The first kappa shape index (κ1) is 10.4. The summed E-state index contributed by atoms with van der Waals surface area (Å²) in [5.74, 6) is -0.430. The molecule has 0 spiro atoms. The van der Waals surface area contributed by atoms with Crippen LogP contribution in [-0.2, 0) is 14.3 Å². The number of aliphatic hydroxyl groups is 1. The predicted octanol–water partition coefficient (Wildman–Crippen LogP) is -0.0531. The van der Waals surface area contributed by atoms with Crippen LogP contribution >= 0.6 is 0 Å². The van der Waals surface area contributed by atoms with E-state index in [1.54, 1.807) is 13.8 Å². The molecule has 0 aliphatic heterocycles. The first-order valence-corrected chi connectivity index (χ1v) is 3.61. The van der Waals surface area contributed by atoms with Gasteiger partial charge in [-0.1, -0.05) is 0 Å². The second-order valence-corrected chi connectivity index (χ2v) is 1.99. The maximum Gasteiger partial charge on any atom is 0.335 e. The van der Waals surface area contributed by atoms with Crippen molar-refractivity contribution >= 4 is 5.97 Å². The quantitative estimate of drug-likeness (QED) is 0.576. The maximum atomic E-state index is 10.8. The normalized spacial score (nSPS) is 12.6. The van der Waals surface area contributed by atoms with E-state index in [4.69, 9.17) is 9.84 Å². The van der Waals surface area contributed by atoms with E-state index in [0.29, 0.717) is 6.61 Å². The van der Waals surface area contributed by atoms with Crippen molar-refractivity contribution in [3.8, 4) is 0 Å². The number of carbonyl (C=O) groups is 1. The molecule has 0 radical (unpaired) electrons. The first-order valence-electron chi connectivity index (χ1n) is 3.61. The van der Waals surface area contributed by atoms with Crippen molar-refractivity contribution in [2.75, 3.05) is 19.8 Å². The van der Waals surface area contributed by atoms with Crippen molar-refractivity contribution in [1.29, 1.82) is 0 Å². The fourth-order valence-electron chi connectivity index (χ4n) is 0.582. The van der Waals surface area contributed by atoms with E-state index in [-0.39, 0.29) is 13.2 Å². The molecular formula is C7H14O4. The zero-order valence-electron chi connectivity index (χ0n) is 6.87. The van der Waals surface area contributed by atoms with E-state index in [9.17, 15) is 4.79 Å². The zero-order valence-corrected chi connectivity index (χ0v) is 6.87. The van der Waals surface area contributed by atoms with Crippen LogP contribution in [0, 0.1) is 0 Å². The minimum Gasteiger partial charge on any atom is -0.461 e. The third-order valence-electron chi connectivity index (χ3n) is 1.08. The summed E-state index contributed by atoms with van der Waals surface area (Å²) in [6, 6.07) is 0. The van der Waals surface area contributed by atoms with Gasteiger partial charge in [-0.2, -0.15) is 0 Å². The van der Waals surface area contributed by atoms with Crippen molar-refractivity contribution < 1.29 is 19.4 Å². The van der Waals surface area contributed by atoms with Crippen LogP contribution in [0.2, 0.25) is 0 Å². The minimum absolute atomic E-state index is 0.0379. The van der Waals surface area contributed by atoms with Gasteiger partial charge in [-0.15, -0.1) is 0 Å². The highest BCUT2D eigenvalue weighted by Gasteiger charge is 2.12. The van der Waals surface area contributed by atoms with Crippen LogP contribution < -0.4 is 0 Å². The summed E-state index contributed by atoms with van der Waals surface area (Å²) in [4.78, 5) is 10.8. The highest BCUT2D eigenvalue weighted by molar-refractivity contribution is 5.74. The largest absolute Gasteiger partial charge is 0.461 e. The van der Waals surface area contributed by atoms with Gasteiger partial charge in [-0.05, 0) is 13.8 Å². The Bertz CT molecular complexity index is 113. The Kier molecular flexibility index (Phi) is 5.78. The minimum atomic E-state index is -0.536. The van der Waals surface area contributed by atoms with Crippen LogP contribution in [0.5, 0.6) is 0 Å². The molecule has 0 aromatic carbocycles. The lowest BCUT2D eigenvalue weighted by Gasteiger charge is -2.09. The molecule has 0 aliphatic carbocycles. The average Bonchev–Trinajstić information content (AvgIpc) is 2.00. The molecule has 0 saturated heterocycles. The van der Waals surface area contributed by atoms with Gasteiger partial charge >= 0.3 is 5.97 Å². The SMILES string of the molecule is CCOC(C)C(=O)OCCO. The molecule has 0 rings (SSSR count). The van der Waals surface area contributed by atoms with Crippen molar-refractivity contribution in [3.05, 3.63) is 0 Å². The molecule has 0 aromatic heterocycles. The summed E-state index contributed by atoms with van der Waals surface area (Å²) in [5, 5.41) is 8.31. The second kappa shape index (κ2) is 6.12. The maximum absolute atomic E-state index is 10.8. The number of rotatable bonds is 5. The molecule has 4 nitrogen and oxygen atoms in total. The third kappa shape index (κ3) is 4.75. The topological polar surface area (TPSA) is 55.8 Å². The van der Waals surface area contributed by atoms with Crippen LogP contribution in [0.3, 0.4) is 0 Å². The molecule has 0 aromatic rings. The van der Waals surface area contributed by atoms with Gasteiger partial charge < -0.3 is 14.6 Å². The highest BCUT2D eigenvalue weighted by atomic mass is 16.6. The Morgan fingerprint density at radius 3 is 2.73 bits per heavy atom. The average molecular weight is 162 g/mol. The number of ether oxygens (including phenoxy) is 2. The van der Waals surface area contributed by atoms with Gasteiger partial charge in [0.2, 0.25) is 0 Å². The van der Waals surface area contributed by atoms with Gasteiger partial charge in [-0.3, -0.25) is 0 Å². The standard InChI is InChI=1S/C7H14O4/c1-3-10-6(2)7(9)11-5-4-8/h6,8H,3-5H2,1-2H3. The lowest BCUT2D eigenvalue weighted by atomic mass is 10.4. The fourth-order valence-corrected chi connectivity index (χ4v) is 0.582. The van der Waals surface area contributed by atoms with Crippen molar-refractivity contribution in [1.82, 2.24) is 0 Å². The van der Waals surface area contributed by atoms with Gasteiger partial charge in [0.05, 0.1) is 6.61 Å². The van der Waals surface area contributed by atoms with Crippen LogP contribution in [0.4, 0.5) is 0 Å². The van der Waals surface area contributed by atoms with Crippen LogP contribution in [-0.4, -0.2) is 37.0 Å². The number of aliphatic hydroxyl groups excluding tert-OH is 1. The zero-order chi connectivity index (χ0) is 8.69. The van der Waals surface area contributed by atoms with E-state index in [2.05, 4.69) is 4.74 Å². The second-order valence-electron chi connectivity index (χ2n) is 1.99. The van der Waals surface area contributed by atoms with E-state index in [1.807, 2.05) is 0 Å². The fraction of sp³-hybridized carbons (Fsp3) is 0.857. The molecule has 4 heteroatoms. The Morgan fingerprint density at radius 1 is 1.64 bits per heavy atom. The molecule has 0 amide bonds. The van der Waals surface area contributed by atoms with Gasteiger partial charge in [-0.25, -0.2) is 4.79 Å². The van der Waals surface area contributed by atoms with Crippen LogP contribution in [0.1, 0.15) is 13.8 Å². The van der Waals surface area contributed by atoms with Gasteiger partial charge in [0.1, 0.15) is 6.61 Å². The van der Waals surface area contributed by atoms with E-state index in [0.717, 1.165) is 0 Å². The number of hydrogen-bond acceptors (Lipinski definition) is 4. The monoisotopic (exact) mass is 162 g/mol. The van der Waals surface area contributed by atoms with E-state index < -0.39 is 12.1 Å². The molecule has 0 saturated carbocycles. The predicted molar refractivity (Wildman–Crippen MR) is 39.1 cm³/mol. The summed E-state index contributed by atoms with van der Waals surface area (Å²) in [5.41, 5.74) is 0. The summed E-state index contributed by atoms with van der Waals surface area (Å²) in [6.07, 6.45) is -0.536. The lowest BCUT2D eigenvalue weighted by Crippen LogP contribution is -2.24. The Morgan fingerprint density at radius 2 is 2.27 bits per heavy atom. The van der Waals surface area contributed by atoms with Gasteiger partial charge in [0, 0.05) is 6.61 Å². The van der Waals surface area contributed by atoms with E-state index in [1.165, 1.54) is 0 Å². The highest BCUT2D eigenvalue weighted by Crippen LogP contribution is 1.93. The van der Waals surface area contributed by atoms with Crippen LogP contribution in [0.15, 0.2) is 0 Å². The molecule has 66 valence electrons. The molecule has 0 heterocycles.